The molecule has 6 nitrogen and oxygen atoms in total. The highest BCUT2D eigenvalue weighted by Gasteiger charge is 2.20. The van der Waals surface area contributed by atoms with Gasteiger partial charge in [-0.3, -0.25) is 14.4 Å². The Labute approximate surface area is 513 Å². The van der Waals surface area contributed by atoms with Crippen molar-refractivity contribution in [3.63, 3.8) is 0 Å². The molecule has 1 unspecified atom stereocenters. The Morgan fingerprint density at radius 2 is 0.439 bits per heavy atom. The van der Waals surface area contributed by atoms with Crippen molar-refractivity contribution >= 4 is 17.9 Å². The first-order chi connectivity index (χ1) is 40.5. The molecule has 1 atom stereocenters. The maximum absolute atomic E-state index is 13.0. The molecule has 0 aromatic carbocycles. The molecule has 0 saturated heterocycles. The van der Waals surface area contributed by atoms with Gasteiger partial charge in [-0.15, -0.1) is 0 Å². The first-order valence-corrected chi connectivity index (χ1v) is 37.3. The molecule has 484 valence electrons. The maximum atomic E-state index is 13.0. The highest BCUT2D eigenvalue weighted by molar-refractivity contribution is 5.71. The average molecular weight is 1150 g/mol. The van der Waals surface area contributed by atoms with Gasteiger partial charge in [-0.05, 0) is 51.4 Å². The van der Waals surface area contributed by atoms with E-state index in [1.165, 1.54) is 321 Å². The Morgan fingerprint density at radius 3 is 0.671 bits per heavy atom. The standard InChI is InChI=1S/C76H144O6/c1-4-7-10-13-16-19-22-24-26-28-30-32-34-36-37-38-40-41-43-45-47-49-51-54-57-60-63-66-69-75(78)81-72-73(71-80-74(77)68-65-62-59-56-53-21-18-15-12-9-6-3)82-76(79)70-67-64-61-58-55-52-50-48-46-44-42-39-35-33-31-29-27-25-23-20-17-14-11-8-5-2/h23,25,29,31,73H,4-22,24,26-28,30,32-72H2,1-3H3/b25-23-,31-29-. The average Bonchev–Trinajstić information content (AvgIpc) is 3.48. The van der Waals surface area contributed by atoms with Crippen molar-refractivity contribution < 1.29 is 28.6 Å². The Bertz CT molecular complexity index is 1320. The van der Waals surface area contributed by atoms with E-state index in [9.17, 15) is 14.4 Å². The number of rotatable bonds is 70. The topological polar surface area (TPSA) is 78.9 Å². The minimum absolute atomic E-state index is 0.0644. The Balaban J connectivity index is 4.13. The van der Waals surface area contributed by atoms with Gasteiger partial charge in [0.15, 0.2) is 6.10 Å². The zero-order valence-electron chi connectivity index (χ0n) is 55.8. The third-order valence-corrected chi connectivity index (χ3v) is 17.2. The molecular formula is C76H144O6. The highest BCUT2D eigenvalue weighted by atomic mass is 16.6. The minimum atomic E-state index is -0.768. The molecule has 0 aromatic rings. The van der Waals surface area contributed by atoms with Gasteiger partial charge in [0, 0.05) is 19.3 Å². The van der Waals surface area contributed by atoms with Crippen molar-refractivity contribution in [2.75, 3.05) is 13.2 Å². The first-order valence-electron chi connectivity index (χ1n) is 37.3. The summed E-state index contributed by atoms with van der Waals surface area (Å²) in [6.45, 7) is 6.71. The van der Waals surface area contributed by atoms with Crippen LogP contribution in [-0.4, -0.2) is 37.2 Å². The molecule has 0 rings (SSSR count). The van der Waals surface area contributed by atoms with Crippen molar-refractivity contribution in [3.8, 4) is 0 Å². The zero-order valence-corrected chi connectivity index (χ0v) is 55.8. The second-order valence-corrected chi connectivity index (χ2v) is 25.6. The maximum Gasteiger partial charge on any atom is 0.306 e. The second-order valence-electron chi connectivity index (χ2n) is 25.6. The molecular weight excluding hydrogens is 1010 g/mol. The molecule has 0 aromatic heterocycles. The number of allylic oxidation sites excluding steroid dienone is 4. The fourth-order valence-corrected chi connectivity index (χ4v) is 11.6. The molecule has 6 heteroatoms. The van der Waals surface area contributed by atoms with Gasteiger partial charge in [0.2, 0.25) is 0 Å². The quantitative estimate of drug-likeness (QED) is 0.0261. The number of esters is 3. The number of hydrogen-bond acceptors (Lipinski definition) is 6. The summed E-state index contributed by atoms with van der Waals surface area (Å²) < 4.78 is 17.0. The fraction of sp³-hybridized carbons (Fsp3) is 0.908. The molecule has 0 radical (unpaired) electrons. The molecule has 82 heavy (non-hydrogen) atoms. The summed E-state index contributed by atoms with van der Waals surface area (Å²) in [7, 11) is 0. The SMILES string of the molecule is CCCCCCC/C=C\C/C=C\CCCCCCCCCCCCCCCC(=O)OC(COC(=O)CCCCCCCCCCCCC)COC(=O)CCCCCCCCCCCCCCCCCCCCCCCCCCCCCC. The number of unbranched alkanes of at least 4 members (excludes halogenated alkanes) is 55. The third-order valence-electron chi connectivity index (χ3n) is 17.2. The minimum Gasteiger partial charge on any atom is -0.462 e. The molecule has 0 aliphatic rings. The molecule has 0 N–H and O–H groups in total. The van der Waals surface area contributed by atoms with Gasteiger partial charge in [0.1, 0.15) is 13.2 Å². The van der Waals surface area contributed by atoms with E-state index in [0.717, 1.165) is 64.2 Å². The number of ether oxygens (including phenoxy) is 3. The van der Waals surface area contributed by atoms with E-state index >= 15 is 0 Å². The molecule has 0 saturated carbocycles. The number of hydrogen-bond donors (Lipinski definition) is 0. The van der Waals surface area contributed by atoms with Crippen LogP contribution in [0.2, 0.25) is 0 Å². The summed E-state index contributed by atoms with van der Waals surface area (Å²) in [5.74, 6) is -0.832. The van der Waals surface area contributed by atoms with Crippen LogP contribution in [0.4, 0.5) is 0 Å². The van der Waals surface area contributed by atoms with Gasteiger partial charge in [0.25, 0.3) is 0 Å². The van der Waals surface area contributed by atoms with E-state index in [-0.39, 0.29) is 31.1 Å². The highest BCUT2D eigenvalue weighted by Crippen LogP contribution is 2.19. The van der Waals surface area contributed by atoms with E-state index in [4.69, 9.17) is 14.2 Å². The van der Waals surface area contributed by atoms with Crippen LogP contribution in [0.3, 0.4) is 0 Å². The van der Waals surface area contributed by atoms with Crippen LogP contribution in [0.5, 0.6) is 0 Å². The monoisotopic (exact) mass is 1150 g/mol. The van der Waals surface area contributed by atoms with Crippen LogP contribution in [0.15, 0.2) is 24.3 Å². The lowest BCUT2D eigenvalue weighted by Crippen LogP contribution is -2.30. The van der Waals surface area contributed by atoms with Gasteiger partial charge in [0.05, 0.1) is 0 Å². The Morgan fingerprint density at radius 1 is 0.244 bits per heavy atom. The van der Waals surface area contributed by atoms with Crippen molar-refractivity contribution in [3.05, 3.63) is 24.3 Å². The lowest BCUT2D eigenvalue weighted by molar-refractivity contribution is -0.167. The molecule has 0 amide bonds. The fourth-order valence-electron chi connectivity index (χ4n) is 11.6. The van der Waals surface area contributed by atoms with Gasteiger partial charge >= 0.3 is 17.9 Å². The predicted molar refractivity (Wildman–Crippen MR) is 358 cm³/mol. The zero-order chi connectivity index (χ0) is 59.2. The molecule has 0 spiro atoms. The lowest BCUT2D eigenvalue weighted by Gasteiger charge is -2.18. The summed E-state index contributed by atoms with van der Waals surface area (Å²) >= 11 is 0. The number of carbonyl (C=O) groups is 3. The van der Waals surface area contributed by atoms with Crippen LogP contribution in [0, 0.1) is 0 Å². The van der Waals surface area contributed by atoms with Crippen molar-refractivity contribution in [1.29, 1.82) is 0 Å². The summed E-state index contributed by atoms with van der Waals surface area (Å²) in [6, 6.07) is 0. The van der Waals surface area contributed by atoms with E-state index in [1.807, 2.05) is 0 Å². The molecule has 0 aliphatic carbocycles. The molecule has 0 bridgehead atoms. The smallest absolute Gasteiger partial charge is 0.306 e. The van der Waals surface area contributed by atoms with E-state index < -0.39 is 6.10 Å². The number of carbonyl (C=O) groups excluding carboxylic acids is 3. The van der Waals surface area contributed by atoms with Crippen LogP contribution >= 0.6 is 0 Å². The van der Waals surface area contributed by atoms with Crippen molar-refractivity contribution in [1.82, 2.24) is 0 Å². The predicted octanol–water partition coefficient (Wildman–Crippen LogP) is 25.7. The van der Waals surface area contributed by atoms with Crippen LogP contribution in [-0.2, 0) is 28.6 Å². The van der Waals surface area contributed by atoms with Crippen LogP contribution in [0.1, 0.15) is 425 Å². The Hall–Kier alpha value is -2.11. The summed E-state index contributed by atoms with van der Waals surface area (Å²) in [5, 5.41) is 0. The lowest BCUT2D eigenvalue weighted by atomic mass is 10.0. The molecule has 0 aliphatic heterocycles. The van der Waals surface area contributed by atoms with Gasteiger partial charge in [-0.1, -0.05) is 379 Å². The van der Waals surface area contributed by atoms with Crippen molar-refractivity contribution in [2.45, 2.75) is 431 Å². The summed E-state index contributed by atoms with van der Waals surface area (Å²) in [4.78, 5) is 38.4. The second kappa shape index (κ2) is 71.4. The van der Waals surface area contributed by atoms with Crippen LogP contribution < -0.4 is 0 Å². The van der Waals surface area contributed by atoms with Gasteiger partial charge in [-0.25, -0.2) is 0 Å². The van der Waals surface area contributed by atoms with E-state index in [2.05, 4.69) is 45.1 Å². The first kappa shape index (κ1) is 79.9. The van der Waals surface area contributed by atoms with Gasteiger partial charge in [-0.2, -0.15) is 0 Å². The Kier molecular flexibility index (Phi) is 69.5. The summed E-state index contributed by atoms with van der Waals surface area (Å²) in [6.07, 6.45) is 88.0. The van der Waals surface area contributed by atoms with Crippen molar-refractivity contribution in [2.24, 2.45) is 0 Å². The molecule has 0 fully saturated rings. The van der Waals surface area contributed by atoms with Crippen LogP contribution in [0.25, 0.3) is 0 Å². The van der Waals surface area contributed by atoms with Gasteiger partial charge < -0.3 is 14.2 Å². The molecule has 0 heterocycles. The summed E-state index contributed by atoms with van der Waals surface area (Å²) in [5.41, 5.74) is 0. The largest absolute Gasteiger partial charge is 0.462 e. The van der Waals surface area contributed by atoms with E-state index in [0.29, 0.717) is 19.3 Å². The van der Waals surface area contributed by atoms with E-state index in [1.54, 1.807) is 0 Å². The third kappa shape index (κ3) is 68.7. The normalized spacial score (nSPS) is 12.1.